The van der Waals surface area contributed by atoms with Gasteiger partial charge in [-0.3, -0.25) is 0 Å². The molecule has 0 unspecified atom stereocenters. The van der Waals surface area contributed by atoms with Crippen molar-refractivity contribution in [2.75, 3.05) is 13.1 Å². The molecule has 0 aromatic heterocycles. The van der Waals surface area contributed by atoms with E-state index in [-0.39, 0.29) is 11.2 Å². The van der Waals surface area contributed by atoms with Gasteiger partial charge in [-0.15, -0.1) is 0 Å². The monoisotopic (exact) mass is 251 g/mol. The van der Waals surface area contributed by atoms with E-state index in [0.717, 1.165) is 6.08 Å². The molecular weight excluding hydrogens is 233 g/mol. The number of nitrogens with one attached hydrogen (secondary N) is 1. The third kappa shape index (κ3) is 4.30. The molecule has 0 fully saturated rings. The van der Waals surface area contributed by atoms with Gasteiger partial charge in [-0.25, -0.2) is 9.18 Å². The maximum Gasteiger partial charge on any atom is 0.328 e. The van der Waals surface area contributed by atoms with Crippen LogP contribution >= 0.6 is 0 Å². The number of rotatable bonds is 6. The molecule has 0 bridgehead atoms. The van der Waals surface area contributed by atoms with Crippen LogP contribution in [0.3, 0.4) is 0 Å². The van der Waals surface area contributed by atoms with Crippen LogP contribution in [0.1, 0.15) is 19.4 Å². The van der Waals surface area contributed by atoms with E-state index in [1.807, 2.05) is 19.9 Å². The Bertz CT molecular complexity index is 441. The van der Waals surface area contributed by atoms with Gasteiger partial charge in [0.25, 0.3) is 0 Å². The summed E-state index contributed by atoms with van der Waals surface area (Å²) in [6.45, 7) is 4.90. The van der Waals surface area contributed by atoms with Crippen molar-refractivity contribution >= 4 is 5.97 Å². The van der Waals surface area contributed by atoms with Gasteiger partial charge in [0.05, 0.1) is 0 Å². The predicted octanol–water partition coefficient (Wildman–Crippen LogP) is 2.33. The molecule has 0 aliphatic carbocycles. The molecule has 0 spiro atoms. The highest BCUT2D eigenvalue weighted by atomic mass is 19.1. The molecule has 1 rings (SSSR count). The van der Waals surface area contributed by atoms with Crippen LogP contribution in [0.4, 0.5) is 4.39 Å². The Morgan fingerprint density at radius 2 is 2.11 bits per heavy atom. The number of aliphatic carboxylic acids is 1. The van der Waals surface area contributed by atoms with E-state index < -0.39 is 5.97 Å². The Balaban J connectivity index is 2.55. The summed E-state index contributed by atoms with van der Waals surface area (Å²) >= 11 is 0. The number of hydrogen-bond donors (Lipinski definition) is 2. The smallest absolute Gasteiger partial charge is 0.328 e. The molecule has 18 heavy (non-hydrogen) atoms. The fourth-order valence-electron chi connectivity index (χ4n) is 1.73. The van der Waals surface area contributed by atoms with Crippen molar-refractivity contribution in [2.45, 2.75) is 19.3 Å². The summed E-state index contributed by atoms with van der Waals surface area (Å²) in [6.07, 6.45) is 2.61. The lowest BCUT2D eigenvalue weighted by Crippen LogP contribution is -2.33. The molecule has 2 N–H and O–H groups in total. The van der Waals surface area contributed by atoms with Crippen LogP contribution in [-0.4, -0.2) is 24.2 Å². The number of carbonyl (C=O) groups is 1. The minimum Gasteiger partial charge on any atom is -0.478 e. The van der Waals surface area contributed by atoms with Crippen molar-refractivity contribution in [1.29, 1.82) is 0 Å². The Labute approximate surface area is 106 Å². The van der Waals surface area contributed by atoms with E-state index in [2.05, 4.69) is 5.32 Å². The average Bonchev–Trinajstić information content (AvgIpc) is 2.28. The molecule has 1 aromatic rings. The fourth-order valence-corrected chi connectivity index (χ4v) is 1.73. The van der Waals surface area contributed by atoms with E-state index in [1.54, 1.807) is 12.1 Å². The zero-order chi connectivity index (χ0) is 13.6. The first-order chi connectivity index (χ1) is 8.43. The first-order valence-corrected chi connectivity index (χ1v) is 5.78. The zero-order valence-corrected chi connectivity index (χ0v) is 10.6. The summed E-state index contributed by atoms with van der Waals surface area (Å²) in [6, 6.07) is 6.69. The van der Waals surface area contributed by atoms with E-state index in [4.69, 9.17) is 5.11 Å². The molecule has 0 radical (unpaired) electrons. The SMILES string of the molecule is CC(C)(CNC/C=C/C(=O)O)c1ccccc1F. The topological polar surface area (TPSA) is 49.3 Å². The summed E-state index contributed by atoms with van der Waals surface area (Å²) in [5, 5.41) is 11.5. The van der Waals surface area contributed by atoms with Gasteiger partial charge in [0.2, 0.25) is 0 Å². The van der Waals surface area contributed by atoms with Crippen LogP contribution in [0.2, 0.25) is 0 Å². The summed E-state index contributed by atoms with van der Waals surface area (Å²) in [4.78, 5) is 10.3. The van der Waals surface area contributed by atoms with Crippen LogP contribution in [0.5, 0.6) is 0 Å². The number of hydrogen-bond acceptors (Lipinski definition) is 2. The first-order valence-electron chi connectivity index (χ1n) is 5.78. The Kier molecular flexibility index (Phi) is 5.04. The normalized spacial score (nSPS) is 11.9. The molecule has 1 aromatic carbocycles. The highest BCUT2D eigenvalue weighted by molar-refractivity contribution is 5.79. The van der Waals surface area contributed by atoms with Gasteiger partial charge < -0.3 is 10.4 Å². The Hall–Kier alpha value is -1.68. The van der Waals surface area contributed by atoms with Crippen molar-refractivity contribution < 1.29 is 14.3 Å². The van der Waals surface area contributed by atoms with Gasteiger partial charge in [0, 0.05) is 24.6 Å². The predicted molar refractivity (Wildman–Crippen MR) is 69.1 cm³/mol. The second-order valence-electron chi connectivity index (χ2n) is 4.74. The van der Waals surface area contributed by atoms with Gasteiger partial charge >= 0.3 is 5.97 Å². The summed E-state index contributed by atoms with van der Waals surface area (Å²) in [5.41, 5.74) is 0.308. The molecule has 98 valence electrons. The maximum absolute atomic E-state index is 13.6. The highest BCUT2D eigenvalue weighted by Crippen LogP contribution is 2.24. The van der Waals surface area contributed by atoms with Gasteiger partial charge in [-0.2, -0.15) is 0 Å². The molecule has 0 aliphatic heterocycles. The van der Waals surface area contributed by atoms with Crippen molar-refractivity contribution in [2.24, 2.45) is 0 Å². The van der Waals surface area contributed by atoms with Crippen molar-refractivity contribution in [3.8, 4) is 0 Å². The van der Waals surface area contributed by atoms with Crippen LogP contribution < -0.4 is 5.32 Å². The second-order valence-corrected chi connectivity index (χ2v) is 4.74. The fraction of sp³-hybridized carbons (Fsp3) is 0.357. The van der Waals surface area contributed by atoms with Crippen LogP contribution in [-0.2, 0) is 10.2 Å². The lowest BCUT2D eigenvalue weighted by molar-refractivity contribution is -0.131. The van der Waals surface area contributed by atoms with Crippen molar-refractivity contribution in [3.63, 3.8) is 0 Å². The molecule has 0 amide bonds. The lowest BCUT2D eigenvalue weighted by Gasteiger charge is -2.25. The molecular formula is C14H18FNO2. The third-order valence-electron chi connectivity index (χ3n) is 2.69. The molecule has 4 heteroatoms. The molecule has 0 atom stereocenters. The second kappa shape index (κ2) is 6.31. The van der Waals surface area contributed by atoms with Crippen molar-refractivity contribution in [1.82, 2.24) is 5.32 Å². The number of carboxylic acids is 1. The van der Waals surface area contributed by atoms with E-state index in [1.165, 1.54) is 12.1 Å². The van der Waals surface area contributed by atoms with E-state index in [9.17, 15) is 9.18 Å². The zero-order valence-electron chi connectivity index (χ0n) is 10.6. The average molecular weight is 251 g/mol. The number of halogens is 1. The van der Waals surface area contributed by atoms with Gasteiger partial charge in [0.1, 0.15) is 5.82 Å². The minimum absolute atomic E-state index is 0.217. The first kappa shape index (κ1) is 14.4. The quantitative estimate of drug-likeness (QED) is 0.602. The standard InChI is InChI=1S/C14H18FNO2/c1-14(2,10-16-9-5-8-13(17)18)11-6-3-4-7-12(11)15/h3-8,16H,9-10H2,1-2H3,(H,17,18)/b8-5+. The molecule has 0 saturated carbocycles. The number of carboxylic acid groups (broad SMARTS) is 1. The molecule has 3 nitrogen and oxygen atoms in total. The highest BCUT2D eigenvalue weighted by Gasteiger charge is 2.22. The minimum atomic E-state index is -0.967. The Morgan fingerprint density at radius 1 is 1.44 bits per heavy atom. The number of benzene rings is 1. The molecule has 0 aliphatic rings. The van der Waals surface area contributed by atoms with Crippen LogP contribution in [0.15, 0.2) is 36.4 Å². The van der Waals surface area contributed by atoms with E-state index in [0.29, 0.717) is 18.7 Å². The summed E-state index contributed by atoms with van der Waals surface area (Å²) in [7, 11) is 0. The van der Waals surface area contributed by atoms with Gasteiger partial charge in [0.15, 0.2) is 0 Å². The van der Waals surface area contributed by atoms with Gasteiger partial charge in [-0.05, 0) is 11.6 Å². The largest absolute Gasteiger partial charge is 0.478 e. The summed E-state index contributed by atoms with van der Waals surface area (Å²) in [5.74, 6) is -1.18. The molecule has 0 heterocycles. The third-order valence-corrected chi connectivity index (χ3v) is 2.69. The summed E-state index contributed by atoms with van der Waals surface area (Å²) < 4.78 is 13.6. The van der Waals surface area contributed by atoms with Gasteiger partial charge in [-0.1, -0.05) is 38.1 Å². The molecule has 0 saturated heterocycles. The van der Waals surface area contributed by atoms with Crippen LogP contribution in [0, 0.1) is 5.82 Å². The van der Waals surface area contributed by atoms with Crippen molar-refractivity contribution in [3.05, 3.63) is 47.8 Å². The van der Waals surface area contributed by atoms with Crippen LogP contribution in [0.25, 0.3) is 0 Å². The Morgan fingerprint density at radius 3 is 2.72 bits per heavy atom. The lowest BCUT2D eigenvalue weighted by atomic mass is 9.84. The van der Waals surface area contributed by atoms with E-state index >= 15 is 0 Å². The maximum atomic E-state index is 13.6.